The molecule has 1 spiro atoms. The topological polar surface area (TPSA) is 85.4 Å². The third-order valence-corrected chi connectivity index (χ3v) is 5.09. The Bertz CT molecular complexity index is 560. The molecule has 2 N–H and O–H groups in total. The molecular weight excluding hydrogens is 296 g/mol. The summed E-state index contributed by atoms with van der Waals surface area (Å²) in [6, 6.07) is 1.52. The quantitative estimate of drug-likeness (QED) is 0.870. The lowest BCUT2D eigenvalue weighted by molar-refractivity contribution is -0.126. The first-order valence-corrected chi connectivity index (χ1v) is 8.23. The molecule has 7 nitrogen and oxygen atoms in total. The van der Waals surface area contributed by atoms with Gasteiger partial charge in [0, 0.05) is 24.1 Å². The van der Waals surface area contributed by atoms with Gasteiger partial charge in [-0.1, -0.05) is 12.8 Å². The minimum atomic E-state index is -0.239. The van der Waals surface area contributed by atoms with Gasteiger partial charge in [0.2, 0.25) is 5.88 Å². The third-order valence-electron chi connectivity index (χ3n) is 5.09. The second-order valence-electron chi connectivity index (χ2n) is 6.22. The summed E-state index contributed by atoms with van der Waals surface area (Å²) in [6.45, 7) is 2.75. The standard InChI is InChI=1S/C16H24N4O3/c1-3-23-12-8-11(16(12)6-4-5-7-16)19-15(21)20-13-9-14(22-2)18-10-17-13/h9-12H,3-8H2,1-2H3,(H2,17,18,19,20,21). The lowest BCUT2D eigenvalue weighted by Gasteiger charge is -2.53. The molecule has 126 valence electrons. The van der Waals surface area contributed by atoms with Crippen LogP contribution in [0.3, 0.4) is 0 Å². The van der Waals surface area contributed by atoms with Gasteiger partial charge in [-0.3, -0.25) is 5.32 Å². The van der Waals surface area contributed by atoms with Crippen molar-refractivity contribution in [3.05, 3.63) is 12.4 Å². The van der Waals surface area contributed by atoms with E-state index in [1.165, 1.54) is 26.3 Å². The highest BCUT2D eigenvalue weighted by Crippen LogP contribution is 2.54. The van der Waals surface area contributed by atoms with Crippen LogP contribution in [-0.4, -0.2) is 41.9 Å². The Morgan fingerprint density at radius 3 is 2.87 bits per heavy atom. The van der Waals surface area contributed by atoms with Gasteiger partial charge in [0.1, 0.15) is 12.1 Å². The Balaban J connectivity index is 1.59. The number of carbonyl (C=O) groups is 1. The summed E-state index contributed by atoms with van der Waals surface area (Å²) < 4.78 is 10.9. The number of hydrogen-bond acceptors (Lipinski definition) is 5. The highest BCUT2D eigenvalue weighted by molar-refractivity contribution is 5.88. The van der Waals surface area contributed by atoms with Gasteiger partial charge in [0.05, 0.1) is 13.2 Å². The van der Waals surface area contributed by atoms with Crippen LogP contribution in [0.1, 0.15) is 39.0 Å². The van der Waals surface area contributed by atoms with Crippen molar-refractivity contribution in [2.75, 3.05) is 19.0 Å². The van der Waals surface area contributed by atoms with Gasteiger partial charge in [-0.2, -0.15) is 0 Å². The highest BCUT2D eigenvalue weighted by atomic mass is 16.5. The molecule has 7 heteroatoms. The number of aromatic nitrogens is 2. The van der Waals surface area contributed by atoms with Crippen LogP contribution in [0.4, 0.5) is 10.6 Å². The zero-order valence-corrected chi connectivity index (χ0v) is 13.7. The molecule has 0 saturated heterocycles. The van der Waals surface area contributed by atoms with Crippen molar-refractivity contribution in [1.29, 1.82) is 0 Å². The molecule has 2 aliphatic rings. The normalized spacial score (nSPS) is 25.0. The monoisotopic (exact) mass is 320 g/mol. The molecule has 2 amide bonds. The van der Waals surface area contributed by atoms with Crippen LogP contribution in [-0.2, 0) is 4.74 Å². The minimum Gasteiger partial charge on any atom is -0.481 e. The number of anilines is 1. The van der Waals surface area contributed by atoms with E-state index in [9.17, 15) is 4.79 Å². The molecule has 2 aliphatic carbocycles. The smallest absolute Gasteiger partial charge is 0.320 e. The highest BCUT2D eigenvalue weighted by Gasteiger charge is 2.57. The number of hydrogen-bond donors (Lipinski definition) is 2. The molecule has 0 aromatic carbocycles. The van der Waals surface area contributed by atoms with Crippen LogP contribution < -0.4 is 15.4 Å². The largest absolute Gasteiger partial charge is 0.481 e. The molecule has 3 rings (SSSR count). The molecule has 0 radical (unpaired) electrons. The van der Waals surface area contributed by atoms with E-state index in [0.29, 0.717) is 11.7 Å². The number of nitrogens with one attached hydrogen (secondary N) is 2. The number of carbonyl (C=O) groups excluding carboxylic acids is 1. The van der Waals surface area contributed by atoms with Crippen LogP contribution >= 0.6 is 0 Å². The van der Waals surface area contributed by atoms with E-state index in [-0.39, 0.29) is 23.6 Å². The van der Waals surface area contributed by atoms with Crippen LogP contribution in [0, 0.1) is 5.41 Å². The minimum absolute atomic E-state index is 0.122. The summed E-state index contributed by atoms with van der Waals surface area (Å²) in [6.07, 6.45) is 7.21. The number of methoxy groups -OCH3 is 1. The van der Waals surface area contributed by atoms with Crippen molar-refractivity contribution < 1.29 is 14.3 Å². The van der Waals surface area contributed by atoms with E-state index in [0.717, 1.165) is 25.9 Å². The van der Waals surface area contributed by atoms with E-state index in [4.69, 9.17) is 9.47 Å². The number of ether oxygens (including phenoxy) is 2. The molecule has 0 bridgehead atoms. The molecule has 1 aromatic heterocycles. The maximum atomic E-state index is 12.3. The summed E-state index contributed by atoms with van der Waals surface area (Å²) in [5.41, 5.74) is 0.122. The van der Waals surface area contributed by atoms with Gasteiger partial charge >= 0.3 is 6.03 Å². The maximum Gasteiger partial charge on any atom is 0.320 e. The summed E-state index contributed by atoms with van der Waals surface area (Å²) in [5, 5.41) is 5.84. The van der Waals surface area contributed by atoms with Crippen LogP contribution in [0.2, 0.25) is 0 Å². The van der Waals surface area contributed by atoms with Crippen molar-refractivity contribution in [3.8, 4) is 5.88 Å². The first-order chi connectivity index (χ1) is 11.2. The van der Waals surface area contributed by atoms with Crippen molar-refractivity contribution >= 4 is 11.8 Å². The zero-order valence-electron chi connectivity index (χ0n) is 13.7. The Hall–Kier alpha value is -1.89. The van der Waals surface area contributed by atoms with E-state index in [1.54, 1.807) is 6.07 Å². The molecule has 1 heterocycles. The lowest BCUT2D eigenvalue weighted by atomic mass is 9.60. The summed E-state index contributed by atoms with van der Waals surface area (Å²) >= 11 is 0. The third kappa shape index (κ3) is 3.10. The fourth-order valence-corrected chi connectivity index (χ4v) is 3.92. The van der Waals surface area contributed by atoms with Gasteiger partial charge in [-0.05, 0) is 26.2 Å². The molecule has 0 aliphatic heterocycles. The predicted molar refractivity (Wildman–Crippen MR) is 85.5 cm³/mol. The van der Waals surface area contributed by atoms with E-state index >= 15 is 0 Å². The molecule has 23 heavy (non-hydrogen) atoms. The second-order valence-corrected chi connectivity index (χ2v) is 6.22. The second kappa shape index (κ2) is 6.70. The Kier molecular flexibility index (Phi) is 4.66. The van der Waals surface area contributed by atoms with E-state index < -0.39 is 0 Å². The maximum absolute atomic E-state index is 12.3. The molecular formula is C16H24N4O3. The predicted octanol–water partition coefficient (Wildman–Crippen LogP) is 2.34. The van der Waals surface area contributed by atoms with Crippen molar-refractivity contribution in [1.82, 2.24) is 15.3 Å². The molecule has 2 unspecified atom stereocenters. The van der Waals surface area contributed by atoms with Gasteiger partial charge < -0.3 is 14.8 Å². The average Bonchev–Trinajstić information content (AvgIpc) is 3.07. The van der Waals surface area contributed by atoms with Gasteiger partial charge in [-0.25, -0.2) is 14.8 Å². The number of urea groups is 1. The number of rotatable bonds is 5. The van der Waals surface area contributed by atoms with E-state index in [2.05, 4.69) is 20.6 Å². The lowest BCUT2D eigenvalue weighted by Crippen LogP contribution is -2.64. The average molecular weight is 320 g/mol. The van der Waals surface area contributed by atoms with Gasteiger partial charge in [-0.15, -0.1) is 0 Å². The molecule has 2 saturated carbocycles. The van der Waals surface area contributed by atoms with Gasteiger partial charge in [0.25, 0.3) is 0 Å². The van der Waals surface area contributed by atoms with Crippen molar-refractivity contribution in [2.45, 2.75) is 51.2 Å². The Morgan fingerprint density at radius 1 is 1.39 bits per heavy atom. The number of amides is 2. The van der Waals surface area contributed by atoms with Gasteiger partial charge in [0.15, 0.2) is 0 Å². The zero-order chi connectivity index (χ0) is 16.3. The summed E-state index contributed by atoms with van der Waals surface area (Å²) in [5.74, 6) is 0.845. The van der Waals surface area contributed by atoms with Crippen molar-refractivity contribution in [2.24, 2.45) is 5.41 Å². The first-order valence-electron chi connectivity index (χ1n) is 8.23. The van der Waals surface area contributed by atoms with Crippen molar-refractivity contribution in [3.63, 3.8) is 0 Å². The molecule has 1 aromatic rings. The van der Waals surface area contributed by atoms with Crippen LogP contribution in [0.25, 0.3) is 0 Å². The van der Waals surface area contributed by atoms with Crippen LogP contribution in [0.5, 0.6) is 5.88 Å². The fraction of sp³-hybridized carbons (Fsp3) is 0.688. The fourth-order valence-electron chi connectivity index (χ4n) is 3.92. The first kappa shape index (κ1) is 16.0. The molecule has 2 fully saturated rings. The van der Waals surface area contributed by atoms with E-state index in [1.807, 2.05) is 6.92 Å². The molecule has 2 atom stereocenters. The Morgan fingerprint density at radius 2 is 2.17 bits per heavy atom. The van der Waals surface area contributed by atoms with Crippen LogP contribution in [0.15, 0.2) is 12.4 Å². The summed E-state index contributed by atoms with van der Waals surface area (Å²) in [4.78, 5) is 20.2. The number of nitrogens with zero attached hydrogens (tertiary/aromatic N) is 2. The Labute approximate surface area is 136 Å². The summed E-state index contributed by atoms with van der Waals surface area (Å²) in [7, 11) is 1.53. The SMILES string of the molecule is CCOC1CC(NC(=O)Nc2cc(OC)ncn2)C12CCCC2.